The van der Waals surface area contributed by atoms with Crippen molar-refractivity contribution in [3.63, 3.8) is 0 Å². The maximum atomic E-state index is 13.5. The molecular weight excluding hydrogens is 283 g/mol. The van der Waals surface area contributed by atoms with Crippen LogP contribution >= 0.6 is 0 Å². The summed E-state index contributed by atoms with van der Waals surface area (Å²) >= 11 is 0. The lowest BCUT2D eigenvalue weighted by Gasteiger charge is -2.11. The minimum Gasteiger partial charge on any atom is -0.488 e. The highest BCUT2D eigenvalue weighted by molar-refractivity contribution is 6.00. The zero-order chi connectivity index (χ0) is 15.4. The van der Waals surface area contributed by atoms with Crippen molar-refractivity contribution in [2.24, 2.45) is 5.16 Å². The largest absolute Gasteiger partial charge is 0.488 e. The fourth-order valence-electron chi connectivity index (χ4n) is 1.78. The van der Waals surface area contributed by atoms with Crippen LogP contribution in [0.15, 0.2) is 41.6 Å². The number of oxime groups is 1. The fourth-order valence-corrected chi connectivity index (χ4v) is 1.78. The summed E-state index contributed by atoms with van der Waals surface area (Å²) in [6.07, 6.45) is 0. The number of hydrogen-bond donors (Lipinski definition) is 1. The molecule has 0 spiro atoms. The topological polar surface area (TPSA) is 41.8 Å². The molecule has 0 atom stereocenters. The molecule has 0 saturated heterocycles. The first kappa shape index (κ1) is 14.9. The Morgan fingerprint density at radius 1 is 1.19 bits per heavy atom. The summed E-state index contributed by atoms with van der Waals surface area (Å²) in [5.74, 6) is -2.29. The second-order valence-corrected chi connectivity index (χ2v) is 4.33. The standard InChI is InChI=1S/C15H12F3NO2/c1-9(19-20)12-7-11(16)5-6-14(12)21-8-10-3-2-4-13(17)15(10)18/h2-7,20H,8H2,1H3/b19-9-. The van der Waals surface area contributed by atoms with E-state index in [2.05, 4.69) is 5.16 Å². The average Bonchev–Trinajstić information content (AvgIpc) is 2.49. The van der Waals surface area contributed by atoms with E-state index in [0.29, 0.717) is 0 Å². The molecule has 0 aliphatic carbocycles. The first-order valence-corrected chi connectivity index (χ1v) is 6.07. The Morgan fingerprint density at radius 3 is 2.67 bits per heavy atom. The lowest BCUT2D eigenvalue weighted by Crippen LogP contribution is -2.05. The number of hydrogen-bond acceptors (Lipinski definition) is 3. The molecule has 0 bridgehead atoms. The summed E-state index contributed by atoms with van der Waals surface area (Å²) < 4.78 is 45.2. The van der Waals surface area contributed by atoms with E-state index in [9.17, 15) is 13.2 Å². The first-order valence-electron chi connectivity index (χ1n) is 6.07. The van der Waals surface area contributed by atoms with Gasteiger partial charge in [0.25, 0.3) is 0 Å². The van der Waals surface area contributed by atoms with E-state index in [0.717, 1.165) is 18.2 Å². The fraction of sp³-hybridized carbons (Fsp3) is 0.133. The Balaban J connectivity index is 2.26. The van der Waals surface area contributed by atoms with E-state index >= 15 is 0 Å². The third kappa shape index (κ3) is 3.34. The van der Waals surface area contributed by atoms with Crippen LogP contribution in [0, 0.1) is 17.5 Å². The second-order valence-electron chi connectivity index (χ2n) is 4.33. The van der Waals surface area contributed by atoms with E-state index in [-0.39, 0.29) is 29.2 Å². The third-order valence-corrected chi connectivity index (χ3v) is 2.90. The Hall–Kier alpha value is -2.50. The maximum absolute atomic E-state index is 13.5. The Labute approximate surface area is 119 Å². The molecule has 0 fully saturated rings. The lowest BCUT2D eigenvalue weighted by atomic mass is 10.1. The number of halogens is 3. The van der Waals surface area contributed by atoms with Gasteiger partial charge in [-0.3, -0.25) is 0 Å². The second kappa shape index (κ2) is 6.30. The van der Waals surface area contributed by atoms with Gasteiger partial charge in [0.15, 0.2) is 11.6 Å². The van der Waals surface area contributed by atoms with Gasteiger partial charge in [0, 0.05) is 11.1 Å². The normalized spacial score (nSPS) is 11.5. The maximum Gasteiger partial charge on any atom is 0.165 e. The number of nitrogens with zero attached hydrogens (tertiary/aromatic N) is 1. The van der Waals surface area contributed by atoms with Crippen molar-refractivity contribution in [1.82, 2.24) is 0 Å². The van der Waals surface area contributed by atoms with Crippen molar-refractivity contribution in [1.29, 1.82) is 0 Å². The smallest absolute Gasteiger partial charge is 0.165 e. The average molecular weight is 295 g/mol. The van der Waals surface area contributed by atoms with Crippen molar-refractivity contribution < 1.29 is 23.1 Å². The molecule has 0 aliphatic heterocycles. The molecule has 0 aromatic heterocycles. The molecule has 0 saturated carbocycles. The Morgan fingerprint density at radius 2 is 1.95 bits per heavy atom. The SMILES string of the molecule is C/C(=N/O)c1cc(F)ccc1OCc1cccc(F)c1F. The molecule has 2 rings (SSSR count). The monoisotopic (exact) mass is 295 g/mol. The lowest BCUT2D eigenvalue weighted by molar-refractivity contribution is 0.295. The number of ether oxygens (including phenoxy) is 1. The molecule has 0 aliphatic rings. The van der Waals surface area contributed by atoms with Gasteiger partial charge in [0.05, 0.1) is 5.71 Å². The van der Waals surface area contributed by atoms with Crippen LogP contribution in [0.2, 0.25) is 0 Å². The summed E-state index contributed by atoms with van der Waals surface area (Å²) in [4.78, 5) is 0. The molecule has 110 valence electrons. The summed E-state index contributed by atoms with van der Waals surface area (Å²) in [6.45, 7) is 1.23. The van der Waals surface area contributed by atoms with Gasteiger partial charge in [-0.05, 0) is 31.2 Å². The molecule has 6 heteroatoms. The summed E-state index contributed by atoms with van der Waals surface area (Å²) in [6, 6.07) is 7.37. The highest BCUT2D eigenvalue weighted by Gasteiger charge is 2.12. The third-order valence-electron chi connectivity index (χ3n) is 2.90. The van der Waals surface area contributed by atoms with Crippen molar-refractivity contribution in [2.75, 3.05) is 0 Å². The van der Waals surface area contributed by atoms with E-state index in [1.165, 1.54) is 25.1 Å². The van der Waals surface area contributed by atoms with E-state index in [1.54, 1.807) is 0 Å². The Kier molecular flexibility index (Phi) is 4.47. The minimum absolute atomic E-state index is 0.0314. The molecule has 3 nitrogen and oxygen atoms in total. The van der Waals surface area contributed by atoms with E-state index in [4.69, 9.17) is 9.94 Å². The van der Waals surface area contributed by atoms with Crippen LogP contribution in [-0.4, -0.2) is 10.9 Å². The van der Waals surface area contributed by atoms with Gasteiger partial charge in [0.2, 0.25) is 0 Å². The minimum atomic E-state index is -0.992. The predicted molar refractivity (Wildman–Crippen MR) is 71.1 cm³/mol. The highest BCUT2D eigenvalue weighted by atomic mass is 19.2. The number of benzene rings is 2. The van der Waals surface area contributed by atoms with Gasteiger partial charge in [-0.2, -0.15) is 0 Å². The zero-order valence-electron chi connectivity index (χ0n) is 11.1. The van der Waals surface area contributed by atoms with Crippen LogP contribution < -0.4 is 4.74 Å². The van der Waals surface area contributed by atoms with Gasteiger partial charge < -0.3 is 9.94 Å². The molecule has 2 aromatic rings. The summed E-state index contributed by atoms with van der Waals surface area (Å²) in [5, 5.41) is 11.8. The molecule has 0 unspecified atom stereocenters. The predicted octanol–water partition coefficient (Wildman–Crippen LogP) is 3.88. The van der Waals surface area contributed by atoms with Gasteiger partial charge in [-0.15, -0.1) is 0 Å². The van der Waals surface area contributed by atoms with Crippen LogP contribution in [-0.2, 0) is 6.61 Å². The van der Waals surface area contributed by atoms with Crippen LogP contribution in [0.25, 0.3) is 0 Å². The van der Waals surface area contributed by atoms with Crippen LogP contribution in [0.3, 0.4) is 0 Å². The van der Waals surface area contributed by atoms with Crippen LogP contribution in [0.1, 0.15) is 18.1 Å². The van der Waals surface area contributed by atoms with Crippen LogP contribution in [0.4, 0.5) is 13.2 Å². The summed E-state index contributed by atoms with van der Waals surface area (Å²) in [5.41, 5.74) is 0.405. The zero-order valence-corrected chi connectivity index (χ0v) is 11.1. The molecule has 0 heterocycles. The molecule has 1 N–H and O–H groups in total. The summed E-state index contributed by atoms with van der Waals surface area (Å²) in [7, 11) is 0. The Bertz CT molecular complexity index is 687. The molecule has 0 amide bonds. The molecular formula is C15H12F3NO2. The van der Waals surface area contributed by atoms with Gasteiger partial charge in [-0.1, -0.05) is 17.3 Å². The van der Waals surface area contributed by atoms with Crippen molar-refractivity contribution in [3.05, 3.63) is 65.0 Å². The van der Waals surface area contributed by atoms with E-state index < -0.39 is 17.5 Å². The molecule has 2 aromatic carbocycles. The quantitative estimate of drug-likeness (QED) is 0.528. The van der Waals surface area contributed by atoms with Gasteiger partial charge in [0.1, 0.15) is 18.2 Å². The number of rotatable bonds is 4. The van der Waals surface area contributed by atoms with Crippen LogP contribution in [0.5, 0.6) is 5.75 Å². The van der Waals surface area contributed by atoms with Crippen molar-refractivity contribution in [2.45, 2.75) is 13.5 Å². The highest BCUT2D eigenvalue weighted by Crippen LogP contribution is 2.23. The molecule has 0 radical (unpaired) electrons. The van der Waals surface area contributed by atoms with Gasteiger partial charge in [-0.25, -0.2) is 13.2 Å². The first-order chi connectivity index (χ1) is 10.0. The van der Waals surface area contributed by atoms with Gasteiger partial charge >= 0.3 is 0 Å². The van der Waals surface area contributed by atoms with Crippen molar-refractivity contribution >= 4 is 5.71 Å². The van der Waals surface area contributed by atoms with Crippen molar-refractivity contribution in [3.8, 4) is 5.75 Å². The van der Waals surface area contributed by atoms with E-state index in [1.807, 2.05) is 0 Å². The molecule has 21 heavy (non-hydrogen) atoms.